The van der Waals surface area contributed by atoms with Crippen molar-refractivity contribution in [2.45, 2.75) is 45.1 Å². The zero-order valence-electron chi connectivity index (χ0n) is 17.7. The first-order valence-corrected chi connectivity index (χ1v) is 11.0. The third kappa shape index (κ3) is 4.82. The quantitative estimate of drug-likeness (QED) is 0.518. The Kier molecular flexibility index (Phi) is 6.65. The highest BCUT2D eigenvalue weighted by Crippen LogP contribution is 2.35. The number of hydrogen-bond donors (Lipinski definition) is 2. The molecule has 2 aromatic carbocycles. The van der Waals surface area contributed by atoms with Gasteiger partial charge in [-0.1, -0.05) is 37.3 Å². The Labute approximate surface area is 179 Å². The molecule has 0 amide bonds. The van der Waals surface area contributed by atoms with Crippen LogP contribution in [0.5, 0.6) is 5.75 Å². The number of pyridine rings is 1. The fourth-order valence-electron chi connectivity index (χ4n) is 4.28. The van der Waals surface area contributed by atoms with Crippen LogP contribution in [0.3, 0.4) is 0 Å². The van der Waals surface area contributed by atoms with Gasteiger partial charge in [0.25, 0.3) is 0 Å². The standard InChI is InChI=1S/C26H31N3O/c1-2-20-15-21-8-9-24(30-13-5-12-29-26-6-3-4-11-28-26)17-22(21)16-23-14-19(18-27)7-10-25(20)23/h3-4,6-11,14,17,20H,2,5,12-13,15-16,18,27H2,1H3,(H,28,29). The Hall–Kier alpha value is -2.85. The molecular weight excluding hydrogens is 370 g/mol. The minimum absolute atomic E-state index is 0.567. The lowest BCUT2D eigenvalue weighted by atomic mass is 9.88. The highest BCUT2D eigenvalue weighted by molar-refractivity contribution is 5.46. The monoisotopic (exact) mass is 401 g/mol. The largest absolute Gasteiger partial charge is 0.494 e. The molecule has 1 heterocycles. The number of benzene rings is 2. The molecule has 0 bridgehead atoms. The summed E-state index contributed by atoms with van der Waals surface area (Å²) in [6, 6.07) is 19.3. The van der Waals surface area contributed by atoms with Gasteiger partial charge < -0.3 is 15.8 Å². The van der Waals surface area contributed by atoms with Crippen LogP contribution in [0.25, 0.3) is 0 Å². The van der Waals surface area contributed by atoms with E-state index in [1.54, 1.807) is 6.20 Å². The molecule has 0 radical (unpaired) electrons. The normalized spacial score (nSPS) is 15.1. The Morgan fingerprint density at radius 2 is 2.00 bits per heavy atom. The van der Waals surface area contributed by atoms with Gasteiger partial charge in [-0.25, -0.2) is 4.98 Å². The van der Waals surface area contributed by atoms with E-state index in [0.717, 1.165) is 43.8 Å². The van der Waals surface area contributed by atoms with Gasteiger partial charge in [0, 0.05) is 19.3 Å². The molecule has 0 saturated heterocycles. The van der Waals surface area contributed by atoms with Crippen molar-refractivity contribution in [3.63, 3.8) is 0 Å². The van der Waals surface area contributed by atoms with Crippen molar-refractivity contribution in [2.75, 3.05) is 18.5 Å². The van der Waals surface area contributed by atoms with Crippen molar-refractivity contribution in [1.82, 2.24) is 4.98 Å². The lowest BCUT2D eigenvalue weighted by molar-refractivity contribution is 0.314. The van der Waals surface area contributed by atoms with Crippen LogP contribution >= 0.6 is 0 Å². The molecule has 0 fully saturated rings. The van der Waals surface area contributed by atoms with E-state index in [0.29, 0.717) is 19.1 Å². The fourth-order valence-corrected chi connectivity index (χ4v) is 4.28. The predicted molar refractivity (Wildman–Crippen MR) is 123 cm³/mol. The van der Waals surface area contributed by atoms with Crippen molar-refractivity contribution in [2.24, 2.45) is 5.73 Å². The summed E-state index contributed by atoms with van der Waals surface area (Å²) in [4.78, 5) is 4.28. The van der Waals surface area contributed by atoms with Gasteiger partial charge in [-0.15, -0.1) is 0 Å². The number of nitrogens with zero attached hydrogens (tertiary/aromatic N) is 1. The third-order valence-electron chi connectivity index (χ3n) is 5.96. The molecule has 1 atom stereocenters. The van der Waals surface area contributed by atoms with Gasteiger partial charge in [-0.3, -0.25) is 0 Å². The average Bonchev–Trinajstić information content (AvgIpc) is 2.94. The number of fused-ring (bicyclic) bond motifs is 2. The Morgan fingerprint density at radius 1 is 1.07 bits per heavy atom. The molecule has 30 heavy (non-hydrogen) atoms. The van der Waals surface area contributed by atoms with E-state index in [-0.39, 0.29) is 0 Å². The van der Waals surface area contributed by atoms with Gasteiger partial charge in [0.1, 0.15) is 11.6 Å². The number of hydrogen-bond acceptors (Lipinski definition) is 4. The molecule has 0 aliphatic heterocycles. The number of nitrogens with two attached hydrogens (primary N) is 1. The van der Waals surface area contributed by atoms with E-state index in [1.165, 1.54) is 27.8 Å². The number of anilines is 1. The maximum Gasteiger partial charge on any atom is 0.125 e. The van der Waals surface area contributed by atoms with Crippen LogP contribution in [-0.2, 0) is 19.4 Å². The first-order chi connectivity index (χ1) is 14.8. The van der Waals surface area contributed by atoms with Gasteiger partial charge in [-0.05, 0) is 83.7 Å². The first kappa shape index (κ1) is 20.4. The Balaban J connectivity index is 1.41. The summed E-state index contributed by atoms with van der Waals surface area (Å²) in [6.07, 6.45) is 5.92. The van der Waals surface area contributed by atoms with Crippen LogP contribution < -0.4 is 15.8 Å². The van der Waals surface area contributed by atoms with E-state index in [4.69, 9.17) is 10.5 Å². The van der Waals surface area contributed by atoms with Gasteiger partial charge >= 0.3 is 0 Å². The van der Waals surface area contributed by atoms with E-state index >= 15 is 0 Å². The smallest absolute Gasteiger partial charge is 0.125 e. The van der Waals surface area contributed by atoms with Gasteiger partial charge in [0.15, 0.2) is 0 Å². The second kappa shape index (κ2) is 9.77. The third-order valence-corrected chi connectivity index (χ3v) is 5.96. The highest BCUT2D eigenvalue weighted by Gasteiger charge is 2.21. The number of aromatic nitrogens is 1. The second-order valence-corrected chi connectivity index (χ2v) is 8.00. The zero-order valence-corrected chi connectivity index (χ0v) is 17.7. The molecule has 156 valence electrons. The van der Waals surface area contributed by atoms with Crippen molar-refractivity contribution < 1.29 is 4.74 Å². The minimum atomic E-state index is 0.567. The van der Waals surface area contributed by atoms with Crippen molar-refractivity contribution >= 4 is 5.82 Å². The van der Waals surface area contributed by atoms with Crippen LogP contribution in [0.2, 0.25) is 0 Å². The van der Waals surface area contributed by atoms with E-state index < -0.39 is 0 Å². The molecule has 1 aliphatic carbocycles. The number of rotatable bonds is 8. The van der Waals surface area contributed by atoms with Crippen LogP contribution in [0.4, 0.5) is 5.82 Å². The maximum absolute atomic E-state index is 6.06. The Morgan fingerprint density at radius 3 is 2.80 bits per heavy atom. The van der Waals surface area contributed by atoms with Gasteiger partial charge in [-0.2, -0.15) is 0 Å². The minimum Gasteiger partial charge on any atom is -0.494 e. The summed E-state index contributed by atoms with van der Waals surface area (Å²) in [5.74, 6) is 2.43. The van der Waals surface area contributed by atoms with Crippen molar-refractivity contribution in [3.05, 3.63) is 88.6 Å². The second-order valence-electron chi connectivity index (χ2n) is 8.00. The SMILES string of the molecule is CCC1Cc2ccc(OCCCNc3ccccn3)cc2Cc2cc(CN)ccc21. The number of ether oxygens (including phenoxy) is 1. The predicted octanol–water partition coefficient (Wildman–Crippen LogP) is 5.06. The van der Waals surface area contributed by atoms with E-state index in [2.05, 4.69) is 53.6 Å². The van der Waals surface area contributed by atoms with Crippen LogP contribution in [0.1, 0.15) is 53.5 Å². The van der Waals surface area contributed by atoms with Crippen LogP contribution in [0, 0.1) is 0 Å². The summed E-state index contributed by atoms with van der Waals surface area (Å²) in [5.41, 5.74) is 12.8. The Bertz CT molecular complexity index is 971. The summed E-state index contributed by atoms with van der Waals surface area (Å²) < 4.78 is 6.06. The van der Waals surface area contributed by atoms with Crippen molar-refractivity contribution in [3.8, 4) is 5.75 Å². The fraction of sp³-hybridized carbons (Fsp3) is 0.346. The molecule has 4 rings (SSSR count). The molecule has 1 aliphatic rings. The maximum atomic E-state index is 6.06. The van der Waals surface area contributed by atoms with Crippen LogP contribution in [0.15, 0.2) is 60.8 Å². The average molecular weight is 402 g/mol. The zero-order chi connectivity index (χ0) is 20.8. The van der Waals surface area contributed by atoms with Crippen molar-refractivity contribution in [1.29, 1.82) is 0 Å². The summed E-state index contributed by atoms with van der Waals surface area (Å²) in [6.45, 7) is 4.40. The highest BCUT2D eigenvalue weighted by atomic mass is 16.5. The molecule has 0 saturated carbocycles. The molecular formula is C26H31N3O. The summed E-state index contributed by atoms with van der Waals surface area (Å²) in [5, 5.41) is 3.32. The molecule has 4 nitrogen and oxygen atoms in total. The lowest BCUT2D eigenvalue weighted by Crippen LogP contribution is -2.08. The van der Waals surface area contributed by atoms with Gasteiger partial charge in [0.2, 0.25) is 0 Å². The molecule has 0 spiro atoms. The summed E-state index contributed by atoms with van der Waals surface area (Å²) >= 11 is 0. The van der Waals surface area contributed by atoms with E-state index in [1.807, 2.05) is 18.2 Å². The van der Waals surface area contributed by atoms with Crippen LogP contribution in [-0.4, -0.2) is 18.1 Å². The summed E-state index contributed by atoms with van der Waals surface area (Å²) in [7, 11) is 0. The lowest BCUT2D eigenvalue weighted by Gasteiger charge is -2.16. The first-order valence-electron chi connectivity index (χ1n) is 11.0. The molecule has 1 unspecified atom stereocenters. The molecule has 3 N–H and O–H groups in total. The van der Waals surface area contributed by atoms with E-state index in [9.17, 15) is 0 Å². The molecule has 3 aromatic rings. The molecule has 4 heteroatoms. The number of nitrogens with one attached hydrogen (secondary N) is 1. The topological polar surface area (TPSA) is 60.2 Å². The van der Waals surface area contributed by atoms with Gasteiger partial charge in [0.05, 0.1) is 6.61 Å². The molecule has 1 aromatic heterocycles.